The summed E-state index contributed by atoms with van der Waals surface area (Å²) in [6.45, 7) is 4.76. The fourth-order valence-electron chi connectivity index (χ4n) is 4.54. The average Bonchev–Trinajstić information content (AvgIpc) is 3.01. The van der Waals surface area contributed by atoms with Gasteiger partial charge in [-0.25, -0.2) is 28.3 Å². The van der Waals surface area contributed by atoms with Crippen molar-refractivity contribution in [3.63, 3.8) is 0 Å². The normalized spacial score (nSPS) is 17.9. The lowest BCUT2D eigenvalue weighted by molar-refractivity contribution is -0.137. The number of hydrogen-bond acceptors (Lipinski definition) is 5. The fourth-order valence-corrected chi connectivity index (χ4v) is 4.54. The Labute approximate surface area is 215 Å². The second kappa shape index (κ2) is 9.52. The van der Waals surface area contributed by atoms with Crippen LogP contribution < -0.4 is 4.90 Å². The van der Waals surface area contributed by atoms with Gasteiger partial charge in [0.2, 0.25) is 0 Å². The van der Waals surface area contributed by atoms with Gasteiger partial charge in [-0.3, -0.25) is 4.79 Å². The van der Waals surface area contributed by atoms with Crippen LogP contribution in [0.2, 0.25) is 0 Å². The van der Waals surface area contributed by atoms with Crippen LogP contribution in [-0.2, 0) is 22.3 Å². The molecule has 0 atom stereocenters. The molecular formula is C25H25F5N4O4. The van der Waals surface area contributed by atoms with E-state index in [0.29, 0.717) is 17.0 Å². The summed E-state index contributed by atoms with van der Waals surface area (Å²) in [7, 11) is 0. The Bertz CT molecular complexity index is 1270. The first-order chi connectivity index (χ1) is 17.6. The number of benzene rings is 1. The fraction of sp³-hybridized carbons (Fsp3) is 0.440. The van der Waals surface area contributed by atoms with Gasteiger partial charge < -0.3 is 14.5 Å². The Kier molecular flexibility index (Phi) is 6.83. The number of nitrogens with zero attached hydrogens (tertiary/aromatic N) is 4. The van der Waals surface area contributed by atoms with Crippen LogP contribution in [0.25, 0.3) is 0 Å². The molecule has 0 N–H and O–H groups in total. The van der Waals surface area contributed by atoms with Crippen LogP contribution in [0, 0.1) is 11.6 Å². The quantitative estimate of drug-likeness (QED) is 0.399. The number of carbonyl (C=O) groups is 3. The number of likely N-dealkylation sites (tertiary alicyclic amines) is 1. The lowest BCUT2D eigenvalue weighted by atomic mass is 9.85. The number of piperidine rings is 1. The molecule has 0 bridgehead atoms. The van der Waals surface area contributed by atoms with E-state index < -0.39 is 58.4 Å². The van der Waals surface area contributed by atoms with E-state index in [1.165, 1.54) is 11.0 Å². The van der Waals surface area contributed by atoms with Gasteiger partial charge in [-0.2, -0.15) is 13.2 Å². The number of alkyl halides is 3. The summed E-state index contributed by atoms with van der Waals surface area (Å²) in [4.78, 5) is 46.7. The van der Waals surface area contributed by atoms with Crippen molar-refractivity contribution < 1.29 is 41.1 Å². The third-order valence-corrected chi connectivity index (χ3v) is 6.41. The summed E-state index contributed by atoms with van der Waals surface area (Å²) in [6.07, 6.45) is -4.64. The van der Waals surface area contributed by atoms with E-state index in [9.17, 15) is 36.3 Å². The number of ether oxygens (including phenoxy) is 1. The lowest BCUT2D eigenvalue weighted by Gasteiger charge is -2.42. The molecule has 0 radical (unpaired) electrons. The van der Waals surface area contributed by atoms with Gasteiger partial charge in [0.05, 0.1) is 5.56 Å². The molecule has 2 saturated heterocycles. The maximum atomic E-state index is 13.9. The Morgan fingerprint density at radius 3 is 2.26 bits per heavy atom. The minimum absolute atomic E-state index is 0.00602. The van der Waals surface area contributed by atoms with E-state index in [0.717, 1.165) is 23.2 Å². The van der Waals surface area contributed by atoms with Crippen LogP contribution in [0.1, 0.15) is 44.7 Å². The van der Waals surface area contributed by atoms with Crippen molar-refractivity contribution in [1.82, 2.24) is 14.8 Å². The van der Waals surface area contributed by atoms with E-state index >= 15 is 0 Å². The number of amides is 4. The zero-order valence-corrected chi connectivity index (χ0v) is 20.8. The number of hydrogen-bond donors (Lipinski definition) is 0. The second-order valence-corrected chi connectivity index (χ2v) is 10.2. The van der Waals surface area contributed by atoms with Crippen molar-refractivity contribution in [2.45, 2.75) is 57.5 Å². The predicted molar refractivity (Wildman–Crippen MR) is 124 cm³/mol. The van der Waals surface area contributed by atoms with E-state index in [1.807, 2.05) is 0 Å². The highest BCUT2D eigenvalue weighted by Crippen LogP contribution is 2.41. The van der Waals surface area contributed by atoms with Gasteiger partial charge in [0.15, 0.2) is 11.6 Å². The smallest absolute Gasteiger partial charge is 0.416 e. The number of urea groups is 1. The van der Waals surface area contributed by atoms with E-state index in [-0.39, 0.29) is 38.0 Å². The molecule has 8 nitrogen and oxygen atoms in total. The molecule has 4 rings (SSSR count). The first-order valence-corrected chi connectivity index (χ1v) is 11.7. The van der Waals surface area contributed by atoms with Gasteiger partial charge in [-0.15, -0.1) is 0 Å². The van der Waals surface area contributed by atoms with Crippen molar-refractivity contribution in [3.8, 4) is 0 Å². The number of anilines is 1. The van der Waals surface area contributed by atoms with Crippen molar-refractivity contribution in [2.24, 2.45) is 0 Å². The highest BCUT2D eigenvalue weighted by Gasteiger charge is 2.59. The summed E-state index contributed by atoms with van der Waals surface area (Å²) < 4.78 is 72.7. The van der Waals surface area contributed by atoms with Crippen molar-refractivity contribution >= 4 is 23.8 Å². The SMILES string of the molecule is CC(C)(C)OC(=O)N1CCC2(CC1)C(=O)N(c1cc(C(F)(F)F)ccn1)C(=O)N2Cc1ccc(F)c(F)c1. The monoisotopic (exact) mass is 540 g/mol. The largest absolute Gasteiger partial charge is 0.444 e. The molecule has 2 aromatic rings. The van der Waals surface area contributed by atoms with Crippen molar-refractivity contribution in [1.29, 1.82) is 0 Å². The van der Waals surface area contributed by atoms with Crippen molar-refractivity contribution in [2.75, 3.05) is 18.0 Å². The Hall–Kier alpha value is -3.77. The molecule has 4 amide bonds. The lowest BCUT2D eigenvalue weighted by Crippen LogP contribution is -2.57. The first-order valence-electron chi connectivity index (χ1n) is 11.7. The Morgan fingerprint density at radius 2 is 1.68 bits per heavy atom. The highest BCUT2D eigenvalue weighted by molar-refractivity contribution is 6.22. The molecule has 3 heterocycles. The second-order valence-electron chi connectivity index (χ2n) is 10.2. The summed E-state index contributed by atoms with van der Waals surface area (Å²) in [5.74, 6) is -3.60. The summed E-state index contributed by atoms with van der Waals surface area (Å²) in [6, 6.07) is 3.34. The van der Waals surface area contributed by atoms with E-state index in [4.69, 9.17) is 4.74 Å². The third-order valence-electron chi connectivity index (χ3n) is 6.41. The van der Waals surface area contributed by atoms with Crippen LogP contribution in [0.5, 0.6) is 0 Å². The molecule has 1 spiro atoms. The molecule has 13 heteroatoms. The molecule has 0 unspecified atom stereocenters. The van der Waals surface area contributed by atoms with Gasteiger partial charge >= 0.3 is 18.3 Å². The van der Waals surface area contributed by atoms with Gasteiger partial charge in [0.25, 0.3) is 5.91 Å². The minimum atomic E-state index is -4.74. The summed E-state index contributed by atoms with van der Waals surface area (Å²) in [5, 5.41) is 0. The molecule has 204 valence electrons. The zero-order valence-electron chi connectivity index (χ0n) is 20.8. The average molecular weight is 540 g/mol. The zero-order chi connectivity index (χ0) is 28.0. The highest BCUT2D eigenvalue weighted by atomic mass is 19.4. The van der Waals surface area contributed by atoms with Crippen LogP contribution >= 0.6 is 0 Å². The molecule has 2 fully saturated rings. The number of pyridine rings is 1. The van der Waals surface area contributed by atoms with E-state index in [1.54, 1.807) is 20.8 Å². The number of aromatic nitrogens is 1. The van der Waals surface area contributed by atoms with Gasteiger partial charge in [-0.1, -0.05) is 6.07 Å². The topological polar surface area (TPSA) is 83.0 Å². The Morgan fingerprint density at radius 1 is 1.03 bits per heavy atom. The standard InChI is InChI=1S/C25H25F5N4O4/c1-23(2,3)38-22(37)32-10-7-24(8-11-32)20(35)34(19-13-16(6-9-31-19)25(28,29)30)21(36)33(24)14-15-4-5-17(26)18(27)12-15/h4-6,9,12-13H,7-8,10-11,14H2,1-3H3. The Balaban J connectivity index is 1.69. The number of imide groups is 1. The number of rotatable bonds is 3. The summed E-state index contributed by atoms with van der Waals surface area (Å²) in [5.41, 5.74) is -3.26. The van der Waals surface area contributed by atoms with Crippen LogP contribution in [0.3, 0.4) is 0 Å². The minimum Gasteiger partial charge on any atom is -0.444 e. The molecule has 2 aliphatic rings. The molecular weight excluding hydrogens is 515 g/mol. The molecule has 2 aliphatic heterocycles. The molecule has 1 aromatic heterocycles. The van der Waals surface area contributed by atoms with Crippen molar-refractivity contribution in [3.05, 3.63) is 59.3 Å². The van der Waals surface area contributed by atoms with Crippen LogP contribution in [0.15, 0.2) is 36.5 Å². The molecule has 38 heavy (non-hydrogen) atoms. The molecule has 0 saturated carbocycles. The van der Waals surface area contributed by atoms with Crippen LogP contribution in [0.4, 0.5) is 37.4 Å². The number of halogens is 5. The van der Waals surface area contributed by atoms with Gasteiger partial charge in [0, 0.05) is 25.8 Å². The molecule has 1 aromatic carbocycles. The number of carbonyl (C=O) groups excluding carboxylic acids is 3. The van der Waals surface area contributed by atoms with Gasteiger partial charge in [0.1, 0.15) is 17.0 Å². The summed E-state index contributed by atoms with van der Waals surface area (Å²) >= 11 is 0. The molecule has 0 aliphatic carbocycles. The predicted octanol–water partition coefficient (Wildman–Crippen LogP) is 5.12. The van der Waals surface area contributed by atoms with Gasteiger partial charge in [-0.05, 0) is 63.4 Å². The first kappa shape index (κ1) is 27.3. The maximum Gasteiger partial charge on any atom is 0.416 e. The van der Waals surface area contributed by atoms with Crippen LogP contribution in [-0.4, -0.2) is 57.0 Å². The van der Waals surface area contributed by atoms with E-state index in [2.05, 4.69) is 4.98 Å². The maximum absolute atomic E-state index is 13.9. The third kappa shape index (κ3) is 5.14.